The Kier molecular flexibility index (Phi) is 4.49. The summed E-state index contributed by atoms with van der Waals surface area (Å²) in [4.78, 5) is 6.73. The molecule has 3 rings (SSSR count). The normalized spacial score (nSPS) is 12.6. The van der Waals surface area contributed by atoms with Gasteiger partial charge in [0, 0.05) is 36.5 Å². The molecule has 0 radical (unpaired) electrons. The van der Waals surface area contributed by atoms with E-state index < -0.39 is 0 Å². The molecule has 0 atom stereocenters. The first-order valence-corrected chi connectivity index (χ1v) is 9.35. The molecule has 0 aliphatic heterocycles. The van der Waals surface area contributed by atoms with Crippen molar-refractivity contribution in [1.82, 2.24) is 4.98 Å². The molecule has 0 bridgehead atoms. The number of fused-ring (bicyclic) bond motifs is 1. The Morgan fingerprint density at radius 2 is 1.44 bits per heavy atom. The van der Waals surface area contributed by atoms with Gasteiger partial charge in [-0.15, -0.1) is 0 Å². The van der Waals surface area contributed by atoms with Crippen molar-refractivity contribution in [2.24, 2.45) is 0 Å². The highest BCUT2D eigenvalue weighted by Gasteiger charge is 2.29. The highest BCUT2D eigenvalue weighted by Crippen LogP contribution is 2.43. The summed E-state index contributed by atoms with van der Waals surface area (Å²) in [6, 6.07) is 10.1. The summed E-state index contributed by atoms with van der Waals surface area (Å²) in [6.45, 7) is 12.8. The van der Waals surface area contributed by atoms with Crippen LogP contribution in [0.4, 0.5) is 5.69 Å². The van der Waals surface area contributed by atoms with Crippen molar-refractivity contribution in [3.63, 3.8) is 0 Å². The van der Waals surface area contributed by atoms with Gasteiger partial charge < -0.3 is 14.4 Å². The number of phenolic OH excluding ortho intramolecular Hbond substituents is 1. The predicted molar refractivity (Wildman–Crippen MR) is 113 cm³/mol. The summed E-state index contributed by atoms with van der Waals surface area (Å²) in [5, 5.41) is 10.9. The van der Waals surface area contributed by atoms with Gasteiger partial charge >= 0.3 is 0 Å². The van der Waals surface area contributed by atoms with Gasteiger partial charge in [-0.1, -0.05) is 41.5 Å². The van der Waals surface area contributed by atoms with E-state index >= 15 is 0 Å². The Morgan fingerprint density at radius 1 is 0.889 bits per heavy atom. The molecule has 1 heterocycles. The molecule has 0 saturated carbocycles. The van der Waals surface area contributed by atoms with Crippen LogP contribution in [0.3, 0.4) is 0 Å². The molecular weight excluding hydrogens is 336 g/mol. The van der Waals surface area contributed by atoms with Crippen LogP contribution in [0.1, 0.15) is 52.7 Å². The summed E-state index contributed by atoms with van der Waals surface area (Å²) < 4.78 is 6.18. The zero-order chi connectivity index (χ0) is 20.1. The molecule has 0 spiro atoms. The lowest BCUT2D eigenvalue weighted by molar-refractivity contribution is 0.449. The Labute approximate surface area is 161 Å². The molecule has 1 aromatic heterocycles. The number of rotatable bonds is 2. The van der Waals surface area contributed by atoms with Gasteiger partial charge in [0.05, 0.1) is 0 Å². The standard InChI is InChI=1S/C23H30N2O2/c1-22(2,3)16-13-17(23(4,5)6)20-18(19(16)26)24-21(27-20)14-9-11-15(12-10-14)25(7)8/h9-13,26H,1-8H3. The third-order valence-electron chi connectivity index (χ3n) is 4.89. The Bertz CT molecular complexity index is 969. The third-order valence-corrected chi connectivity index (χ3v) is 4.89. The monoisotopic (exact) mass is 366 g/mol. The van der Waals surface area contributed by atoms with E-state index in [0.717, 1.165) is 22.4 Å². The van der Waals surface area contributed by atoms with Crippen LogP contribution in [0.5, 0.6) is 5.75 Å². The summed E-state index contributed by atoms with van der Waals surface area (Å²) >= 11 is 0. The molecule has 0 fully saturated rings. The van der Waals surface area contributed by atoms with Crippen LogP contribution in [0.2, 0.25) is 0 Å². The molecule has 2 aromatic carbocycles. The van der Waals surface area contributed by atoms with Crippen LogP contribution < -0.4 is 4.90 Å². The van der Waals surface area contributed by atoms with Crippen LogP contribution in [0.15, 0.2) is 34.7 Å². The average molecular weight is 367 g/mol. The van der Waals surface area contributed by atoms with Crippen LogP contribution in [0, 0.1) is 0 Å². The molecule has 1 N–H and O–H groups in total. The smallest absolute Gasteiger partial charge is 0.227 e. The number of phenols is 1. The maximum absolute atomic E-state index is 10.9. The fourth-order valence-corrected chi connectivity index (χ4v) is 3.22. The number of aromatic hydroxyl groups is 1. The van der Waals surface area contributed by atoms with E-state index in [4.69, 9.17) is 4.42 Å². The maximum Gasteiger partial charge on any atom is 0.227 e. The summed E-state index contributed by atoms with van der Waals surface area (Å²) in [6.07, 6.45) is 0. The van der Waals surface area contributed by atoms with Gasteiger partial charge in [-0.3, -0.25) is 0 Å². The van der Waals surface area contributed by atoms with Gasteiger partial charge in [-0.2, -0.15) is 0 Å². The minimum atomic E-state index is -0.190. The Morgan fingerprint density at radius 3 is 1.93 bits per heavy atom. The zero-order valence-corrected chi connectivity index (χ0v) is 17.6. The lowest BCUT2D eigenvalue weighted by Gasteiger charge is -2.25. The number of oxazole rings is 1. The quantitative estimate of drug-likeness (QED) is 0.617. The largest absolute Gasteiger partial charge is 0.505 e. The molecular formula is C23H30N2O2. The molecule has 3 aromatic rings. The first-order valence-electron chi connectivity index (χ1n) is 9.35. The predicted octanol–water partition coefficient (Wildman–Crippen LogP) is 5.86. The van der Waals surface area contributed by atoms with Crippen LogP contribution in [-0.2, 0) is 10.8 Å². The average Bonchev–Trinajstić information content (AvgIpc) is 2.98. The Hall–Kier alpha value is -2.49. The van der Waals surface area contributed by atoms with Gasteiger partial charge in [0.15, 0.2) is 11.1 Å². The summed E-state index contributed by atoms with van der Waals surface area (Å²) in [7, 11) is 4.02. The molecule has 4 heteroatoms. The fraction of sp³-hybridized carbons (Fsp3) is 0.435. The van der Waals surface area contributed by atoms with Gasteiger partial charge in [-0.25, -0.2) is 4.98 Å². The highest BCUT2D eigenvalue weighted by molar-refractivity contribution is 5.87. The van der Waals surface area contributed by atoms with Gasteiger partial charge in [0.25, 0.3) is 0 Å². The van der Waals surface area contributed by atoms with Gasteiger partial charge in [0.1, 0.15) is 5.75 Å². The second kappa shape index (κ2) is 6.29. The number of hydrogen-bond donors (Lipinski definition) is 1. The van der Waals surface area contributed by atoms with Crippen molar-refractivity contribution >= 4 is 16.8 Å². The van der Waals surface area contributed by atoms with Crippen molar-refractivity contribution in [2.45, 2.75) is 52.4 Å². The first-order chi connectivity index (χ1) is 12.4. The lowest BCUT2D eigenvalue weighted by atomic mass is 9.79. The van der Waals surface area contributed by atoms with Crippen LogP contribution in [0.25, 0.3) is 22.6 Å². The molecule has 0 aliphatic carbocycles. The molecule has 0 saturated heterocycles. The molecule has 27 heavy (non-hydrogen) atoms. The van der Waals surface area contributed by atoms with E-state index in [-0.39, 0.29) is 16.6 Å². The topological polar surface area (TPSA) is 49.5 Å². The van der Waals surface area contributed by atoms with Gasteiger partial charge in [0.2, 0.25) is 5.89 Å². The van der Waals surface area contributed by atoms with E-state index in [0.29, 0.717) is 17.0 Å². The second-order valence-electron chi connectivity index (χ2n) is 9.46. The van der Waals surface area contributed by atoms with Crippen molar-refractivity contribution in [3.8, 4) is 17.2 Å². The van der Waals surface area contributed by atoms with Crippen molar-refractivity contribution in [1.29, 1.82) is 0 Å². The third kappa shape index (κ3) is 3.53. The van der Waals surface area contributed by atoms with E-state index in [2.05, 4.69) is 57.5 Å². The Balaban J connectivity index is 2.25. The summed E-state index contributed by atoms with van der Waals surface area (Å²) in [5.74, 6) is 0.743. The lowest BCUT2D eigenvalue weighted by Crippen LogP contribution is -2.16. The van der Waals surface area contributed by atoms with Crippen molar-refractivity contribution in [3.05, 3.63) is 41.5 Å². The van der Waals surface area contributed by atoms with E-state index in [9.17, 15) is 5.11 Å². The van der Waals surface area contributed by atoms with Crippen LogP contribution >= 0.6 is 0 Å². The highest BCUT2D eigenvalue weighted by atomic mass is 16.4. The number of nitrogens with zero attached hydrogens (tertiary/aromatic N) is 2. The molecule has 4 nitrogen and oxygen atoms in total. The van der Waals surface area contributed by atoms with E-state index in [1.54, 1.807) is 0 Å². The SMILES string of the molecule is CN(C)c1ccc(-c2nc3c(O)c(C(C)(C)C)cc(C(C)(C)C)c3o2)cc1. The maximum atomic E-state index is 10.9. The number of benzene rings is 2. The number of aromatic nitrogens is 1. The second-order valence-corrected chi connectivity index (χ2v) is 9.46. The summed E-state index contributed by atoms with van der Waals surface area (Å²) in [5.41, 5.74) is 4.85. The fourth-order valence-electron chi connectivity index (χ4n) is 3.22. The van der Waals surface area contributed by atoms with E-state index in [1.165, 1.54) is 0 Å². The minimum Gasteiger partial charge on any atom is -0.505 e. The van der Waals surface area contributed by atoms with Gasteiger partial charge in [-0.05, 0) is 41.2 Å². The van der Waals surface area contributed by atoms with Crippen molar-refractivity contribution < 1.29 is 9.52 Å². The zero-order valence-electron chi connectivity index (χ0n) is 17.6. The van der Waals surface area contributed by atoms with Crippen LogP contribution in [-0.4, -0.2) is 24.2 Å². The minimum absolute atomic E-state index is 0.127. The number of hydrogen-bond acceptors (Lipinski definition) is 4. The molecule has 144 valence electrons. The van der Waals surface area contributed by atoms with Crippen molar-refractivity contribution in [2.75, 3.05) is 19.0 Å². The van der Waals surface area contributed by atoms with E-state index in [1.807, 2.05) is 38.4 Å². The molecule has 0 aliphatic rings. The number of anilines is 1. The molecule has 0 amide bonds. The molecule has 0 unspecified atom stereocenters. The first kappa shape index (κ1) is 19.3.